The van der Waals surface area contributed by atoms with Gasteiger partial charge in [0, 0.05) is 17.8 Å². The number of nitrogens with zero attached hydrogens (tertiary/aromatic N) is 1. The Hall–Kier alpha value is -2.49. The Balaban J connectivity index is 2.32. The maximum atomic E-state index is 12.6. The van der Waals surface area contributed by atoms with Gasteiger partial charge in [-0.15, -0.1) is 0 Å². The van der Waals surface area contributed by atoms with E-state index in [9.17, 15) is 4.79 Å². The highest BCUT2D eigenvalue weighted by Gasteiger charge is 2.16. The minimum absolute atomic E-state index is 0.0759. The highest BCUT2D eigenvalue weighted by molar-refractivity contribution is 6.06. The second-order valence-electron chi connectivity index (χ2n) is 4.34. The molecule has 0 aliphatic rings. The lowest BCUT2D eigenvalue weighted by Gasteiger charge is -2.21. The van der Waals surface area contributed by atoms with Crippen molar-refractivity contribution >= 4 is 17.3 Å². The first-order chi connectivity index (χ1) is 9.67. The normalized spacial score (nSPS) is 10.1. The van der Waals surface area contributed by atoms with Crippen LogP contribution < -0.4 is 15.4 Å². The number of rotatable bonds is 4. The SMILES string of the molecule is CCN(C(=O)c1ccc(OC)c(N)c1)c1ccccc1. The van der Waals surface area contributed by atoms with Crippen LogP contribution in [0.2, 0.25) is 0 Å². The molecule has 4 heteroatoms. The minimum Gasteiger partial charge on any atom is -0.495 e. The molecular formula is C16H18N2O2. The molecule has 4 nitrogen and oxygen atoms in total. The van der Waals surface area contributed by atoms with Crippen molar-refractivity contribution < 1.29 is 9.53 Å². The Bertz CT molecular complexity index is 597. The smallest absolute Gasteiger partial charge is 0.258 e. The second-order valence-corrected chi connectivity index (χ2v) is 4.34. The maximum Gasteiger partial charge on any atom is 0.258 e. The average molecular weight is 270 g/mol. The number of nitrogens with two attached hydrogens (primary N) is 1. The topological polar surface area (TPSA) is 55.6 Å². The molecule has 0 radical (unpaired) electrons. The number of amides is 1. The molecule has 0 spiro atoms. The van der Waals surface area contributed by atoms with Gasteiger partial charge in [0.25, 0.3) is 5.91 Å². The molecule has 0 heterocycles. The molecule has 2 aromatic rings. The Labute approximate surface area is 118 Å². The largest absolute Gasteiger partial charge is 0.495 e. The zero-order valence-corrected chi connectivity index (χ0v) is 11.7. The number of anilines is 2. The molecule has 0 unspecified atom stereocenters. The van der Waals surface area contributed by atoms with Gasteiger partial charge in [0.05, 0.1) is 12.8 Å². The fourth-order valence-electron chi connectivity index (χ4n) is 2.07. The van der Waals surface area contributed by atoms with E-state index in [0.29, 0.717) is 23.5 Å². The molecule has 2 rings (SSSR count). The van der Waals surface area contributed by atoms with Gasteiger partial charge in [-0.2, -0.15) is 0 Å². The summed E-state index contributed by atoms with van der Waals surface area (Å²) in [5.41, 5.74) is 7.73. The van der Waals surface area contributed by atoms with Crippen LogP contribution in [-0.2, 0) is 0 Å². The quantitative estimate of drug-likeness (QED) is 0.869. The van der Waals surface area contributed by atoms with Gasteiger partial charge in [-0.1, -0.05) is 18.2 Å². The van der Waals surface area contributed by atoms with Crippen molar-refractivity contribution in [3.05, 3.63) is 54.1 Å². The summed E-state index contributed by atoms with van der Waals surface area (Å²) in [6.45, 7) is 2.53. The third kappa shape index (κ3) is 2.74. The first-order valence-electron chi connectivity index (χ1n) is 6.47. The average Bonchev–Trinajstić information content (AvgIpc) is 2.49. The van der Waals surface area contributed by atoms with Crippen LogP contribution in [-0.4, -0.2) is 19.6 Å². The number of ether oxygens (including phenoxy) is 1. The van der Waals surface area contributed by atoms with Crippen LogP contribution in [0.4, 0.5) is 11.4 Å². The molecule has 0 aliphatic heterocycles. The first kappa shape index (κ1) is 13.9. The Morgan fingerprint density at radius 2 is 1.90 bits per heavy atom. The third-order valence-electron chi connectivity index (χ3n) is 3.11. The summed E-state index contributed by atoms with van der Waals surface area (Å²) in [5, 5.41) is 0. The highest BCUT2D eigenvalue weighted by atomic mass is 16.5. The van der Waals surface area contributed by atoms with Crippen LogP contribution >= 0.6 is 0 Å². The number of para-hydroxylation sites is 1. The molecule has 104 valence electrons. The molecule has 2 aromatic carbocycles. The van der Waals surface area contributed by atoms with E-state index in [-0.39, 0.29) is 5.91 Å². The van der Waals surface area contributed by atoms with E-state index in [1.165, 1.54) is 0 Å². The summed E-state index contributed by atoms with van der Waals surface area (Å²) in [5.74, 6) is 0.498. The lowest BCUT2D eigenvalue weighted by Crippen LogP contribution is -2.30. The molecule has 2 N–H and O–H groups in total. The minimum atomic E-state index is -0.0759. The Morgan fingerprint density at radius 3 is 2.45 bits per heavy atom. The third-order valence-corrected chi connectivity index (χ3v) is 3.11. The molecular weight excluding hydrogens is 252 g/mol. The van der Waals surface area contributed by atoms with Gasteiger partial charge in [-0.25, -0.2) is 0 Å². The van der Waals surface area contributed by atoms with Gasteiger partial charge in [-0.3, -0.25) is 4.79 Å². The van der Waals surface area contributed by atoms with Crippen molar-refractivity contribution in [2.75, 3.05) is 24.3 Å². The molecule has 20 heavy (non-hydrogen) atoms. The van der Waals surface area contributed by atoms with Crippen molar-refractivity contribution in [3.63, 3.8) is 0 Å². The monoisotopic (exact) mass is 270 g/mol. The van der Waals surface area contributed by atoms with Gasteiger partial charge in [0.1, 0.15) is 5.75 Å². The highest BCUT2D eigenvalue weighted by Crippen LogP contribution is 2.24. The van der Waals surface area contributed by atoms with Crippen molar-refractivity contribution in [1.82, 2.24) is 0 Å². The van der Waals surface area contributed by atoms with Crippen LogP contribution in [0.5, 0.6) is 5.75 Å². The summed E-state index contributed by atoms with van der Waals surface area (Å²) in [4.78, 5) is 14.3. The number of hydrogen-bond donors (Lipinski definition) is 1. The molecule has 0 saturated carbocycles. The molecule has 0 saturated heterocycles. The van der Waals surface area contributed by atoms with Gasteiger partial charge in [0.15, 0.2) is 0 Å². The van der Waals surface area contributed by atoms with Gasteiger partial charge >= 0.3 is 0 Å². The van der Waals surface area contributed by atoms with Crippen LogP contribution in [0, 0.1) is 0 Å². The van der Waals surface area contributed by atoms with Gasteiger partial charge in [0.2, 0.25) is 0 Å². The van der Waals surface area contributed by atoms with E-state index in [2.05, 4.69) is 0 Å². The summed E-state index contributed by atoms with van der Waals surface area (Å²) >= 11 is 0. The molecule has 0 bridgehead atoms. The summed E-state index contributed by atoms with van der Waals surface area (Å²) < 4.78 is 5.10. The lowest BCUT2D eigenvalue weighted by molar-refractivity contribution is 0.0988. The first-order valence-corrected chi connectivity index (χ1v) is 6.47. The number of methoxy groups -OCH3 is 1. The van der Waals surface area contributed by atoms with Crippen LogP contribution in [0.15, 0.2) is 48.5 Å². The van der Waals surface area contributed by atoms with E-state index in [1.807, 2.05) is 37.3 Å². The predicted octanol–water partition coefficient (Wildman–Crippen LogP) is 2.94. The summed E-state index contributed by atoms with van der Waals surface area (Å²) in [6.07, 6.45) is 0. The van der Waals surface area contributed by atoms with Gasteiger partial charge in [-0.05, 0) is 37.3 Å². The van der Waals surface area contributed by atoms with Crippen LogP contribution in [0.25, 0.3) is 0 Å². The van der Waals surface area contributed by atoms with E-state index >= 15 is 0 Å². The molecule has 0 atom stereocenters. The summed E-state index contributed by atoms with van der Waals surface area (Å²) in [7, 11) is 1.55. The van der Waals surface area contributed by atoms with Crippen molar-refractivity contribution in [3.8, 4) is 5.75 Å². The number of carbonyl (C=O) groups is 1. The van der Waals surface area contributed by atoms with Crippen molar-refractivity contribution in [1.29, 1.82) is 0 Å². The zero-order valence-electron chi connectivity index (χ0n) is 11.7. The fourth-order valence-corrected chi connectivity index (χ4v) is 2.07. The van der Waals surface area contributed by atoms with Crippen molar-refractivity contribution in [2.24, 2.45) is 0 Å². The van der Waals surface area contributed by atoms with E-state index < -0.39 is 0 Å². The maximum absolute atomic E-state index is 12.6. The zero-order chi connectivity index (χ0) is 14.5. The number of nitrogen functional groups attached to an aromatic ring is 1. The Morgan fingerprint density at radius 1 is 1.20 bits per heavy atom. The number of carbonyl (C=O) groups excluding carboxylic acids is 1. The predicted molar refractivity (Wildman–Crippen MR) is 81.2 cm³/mol. The molecule has 0 fully saturated rings. The standard InChI is InChI=1S/C16H18N2O2/c1-3-18(13-7-5-4-6-8-13)16(19)12-9-10-15(20-2)14(17)11-12/h4-11H,3,17H2,1-2H3. The molecule has 0 aliphatic carbocycles. The molecule has 0 aromatic heterocycles. The molecule has 1 amide bonds. The second kappa shape index (κ2) is 6.10. The van der Waals surface area contributed by atoms with Crippen LogP contribution in [0.1, 0.15) is 17.3 Å². The van der Waals surface area contributed by atoms with Gasteiger partial charge < -0.3 is 15.4 Å². The van der Waals surface area contributed by atoms with E-state index in [0.717, 1.165) is 5.69 Å². The lowest BCUT2D eigenvalue weighted by atomic mass is 10.1. The van der Waals surface area contributed by atoms with E-state index in [4.69, 9.17) is 10.5 Å². The van der Waals surface area contributed by atoms with E-state index in [1.54, 1.807) is 30.2 Å². The van der Waals surface area contributed by atoms with Crippen LogP contribution in [0.3, 0.4) is 0 Å². The number of hydrogen-bond acceptors (Lipinski definition) is 3. The fraction of sp³-hybridized carbons (Fsp3) is 0.188. The Kier molecular flexibility index (Phi) is 4.25. The summed E-state index contributed by atoms with van der Waals surface area (Å²) in [6, 6.07) is 14.6. The van der Waals surface area contributed by atoms with Crippen molar-refractivity contribution in [2.45, 2.75) is 6.92 Å². The number of benzene rings is 2.